The van der Waals surface area contributed by atoms with Crippen molar-refractivity contribution in [2.75, 3.05) is 5.32 Å². The predicted octanol–water partition coefficient (Wildman–Crippen LogP) is 3.29. The summed E-state index contributed by atoms with van der Waals surface area (Å²) < 4.78 is 0. The van der Waals surface area contributed by atoms with E-state index in [0.29, 0.717) is 0 Å². The summed E-state index contributed by atoms with van der Waals surface area (Å²) in [5.74, 6) is 1.65. The van der Waals surface area contributed by atoms with Crippen LogP contribution in [0.1, 0.15) is 41.3 Å². The highest BCUT2D eigenvalue weighted by atomic mass is 32.1. The Hall–Kier alpha value is -1.49. The summed E-state index contributed by atoms with van der Waals surface area (Å²) in [6.07, 6.45) is 2.99. The van der Waals surface area contributed by atoms with E-state index >= 15 is 0 Å². The van der Waals surface area contributed by atoms with Crippen LogP contribution in [-0.2, 0) is 6.42 Å². The topological polar surface area (TPSA) is 50.7 Å². The molecule has 2 heterocycles. The maximum absolute atomic E-state index is 4.44. The van der Waals surface area contributed by atoms with Gasteiger partial charge in [0.15, 0.2) is 0 Å². The first-order valence-corrected chi connectivity index (χ1v) is 6.93. The predicted molar refractivity (Wildman–Crippen MR) is 75.0 cm³/mol. The molecule has 5 heteroatoms. The maximum Gasteiger partial charge on any atom is 0.130 e. The van der Waals surface area contributed by atoms with E-state index in [4.69, 9.17) is 0 Å². The molecule has 1 unspecified atom stereocenters. The van der Waals surface area contributed by atoms with Crippen LogP contribution in [0, 0.1) is 13.8 Å². The Balaban J connectivity index is 2.12. The van der Waals surface area contributed by atoms with Crippen molar-refractivity contribution in [2.24, 2.45) is 0 Å². The summed E-state index contributed by atoms with van der Waals surface area (Å²) in [7, 11) is 0. The van der Waals surface area contributed by atoms with E-state index in [2.05, 4.69) is 34.1 Å². The van der Waals surface area contributed by atoms with Gasteiger partial charge in [0, 0.05) is 22.8 Å². The highest BCUT2D eigenvalue weighted by Gasteiger charge is 2.11. The molecule has 96 valence electrons. The molecule has 0 radical (unpaired) electrons. The Morgan fingerprint density at radius 1 is 1.33 bits per heavy atom. The smallest absolute Gasteiger partial charge is 0.130 e. The summed E-state index contributed by atoms with van der Waals surface area (Å²) in [6.45, 7) is 8.13. The van der Waals surface area contributed by atoms with Crippen molar-refractivity contribution in [1.82, 2.24) is 15.0 Å². The largest absolute Gasteiger partial charge is 0.361 e. The van der Waals surface area contributed by atoms with Gasteiger partial charge in [-0.25, -0.2) is 15.0 Å². The first-order valence-electron chi connectivity index (χ1n) is 6.12. The lowest BCUT2D eigenvalue weighted by atomic mass is 10.3. The molecule has 0 saturated heterocycles. The Morgan fingerprint density at radius 2 is 2.11 bits per heavy atom. The Morgan fingerprint density at radius 3 is 2.72 bits per heavy atom. The number of aryl methyl sites for hydroxylation is 3. The van der Waals surface area contributed by atoms with Crippen molar-refractivity contribution in [3.63, 3.8) is 0 Å². The minimum Gasteiger partial charge on any atom is -0.361 e. The monoisotopic (exact) mass is 262 g/mol. The fourth-order valence-electron chi connectivity index (χ4n) is 1.76. The second kappa shape index (κ2) is 5.44. The molecule has 0 fully saturated rings. The van der Waals surface area contributed by atoms with Crippen LogP contribution in [0.5, 0.6) is 0 Å². The van der Waals surface area contributed by atoms with Gasteiger partial charge < -0.3 is 5.32 Å². The molecule has 0 aliphatic rings. The van der Waals surface area contributed by atoms with Gasteiger partial charge in [0.1, 0.15) is 16.6 Å². The van der Waals surface area contributed by atoms with E-state index in [1.54, 1.807) is 11.3 Å². The zero-order chi connectivity index (χ0) is 13.1. The van der Waals surface area contributed by atoms with Gasteiger partial charge in [-0.1, -0.05) is 6.92 Å². The van der Waals surface area contributed by atoms with Crippen LogP contribution in [0.25, 0.3) is 0 Å². The van der Waals surface area contributed by atoms with Crippen molar-refractivity contribution in [2.45, 2.75) is 40.2 Å². The van der Waals surface area contributed by atoms with Gasteiger partial charge in [0.05, 0.1) is 6.04 Å². The van der Waals surface area contributed by atoms with E-state index in [0.717, 1.165) is 28.8 Å². The number of nitrogens with one attached hydrogen (secondary N) is 1. The average Bonchev–Trinajstić information content (AvgIpc) is 2.75. The third-order valence-electron chi connectivity index (χ3n) is 2.62. The van der Waals surface area contributed by atoms with Crippen LogP contribution < -0.4 is 5.32 Å². The van der Waals surface area contributed by atoms with Gasteiger partial charge in [0.2, 0.25) is 0 Å². The molecular formula is C13H18N4S. The quantitative estimate of drug-likeness (QED) is 0.918. The number of anilines is 1. The van der Waals surface area contributed by atoms with Gasteiger partial charge in [-0.15, -0.1) is 11.3 Å². The Labute approximate surface area is 112 Å². The molecule has 4 nitrogen and oxygen atoms in total. The van der Waals surface area contributed by atoms with Gasteiger partial charge in [0.25, 0.3) is 0 Å². The molecule has 18 heavy (non-hydrogen) atoms. The summed E-state index contributed by atoms with van der Waals surface area (Å²) in [5.41, 5.74) is 0.977. The molecular weight excluding hydrogens is 244 g/mol. The van der Waals surface area contributed by atoms with E-state index in [-0.39, 0.29) is 6.04 Å². The number of aromatic nitrogens is 3. The first-order chi connectivity index (χ1) is 8.58. The second-order valence-electron chi connectivity index (χ2n) is 4.33. The minimum atomic E-state index is 0.170. The van der Waals surface area contributed by atoms with Crippen molar-refractivity contribution < 1.29 is 0 Å². The lowest BCUT2D eigenvalue weighted by Gasteiger charge is -2.12. The molecule has 2 aromatic heterocycles. The van der Waals surface area contributed by atoms with Crippen LogP contribution in [0.3, 0.4) is 0 Å². The highest BCUT2D eigenvalue weighted by molar-refractivity contribution is 7.11. The SMILES string of the molecule is CCc1cnc(C(C)Nc2cc(C)nc(C)n2)s1. The van der Waals surface area contributed by atoms with Gasteiger partial charge in [-0.2, -0.15) is 0 Å². The normalized spacial score (nSPS) is 12.4. The molecule has 0 aliphatic heterocycles. The Kier molecular flexibility index (Phi) is 3.91. The van der Waals surface area contributed by atoms with Crippen LogP contribution in [0.2, 0.25) is 0 Å². The second-order valence-corrected chi connectivity index (χ2v) is 5.47. The number of rotatable bonds is 4. The van der Waals surface area contributed by atoms with E-state index < -0.39 is 0 Å². The molecule has 0 saturated carbocycles. The summed E-state index contributed by atoms with van der Waals surface area (Å²) in [6, 6.07) is 2.13. The molecule has 0 amide bonds. The van der Waals surface area contributed by atoms with E-state index in [1.807, 2.05) is 26.1 Å². The molecule has 0 bridgehead atoms. The number of hydrogen-bond acceptors (Lipinski definition) is 5. The molecule has 0 spiro atoms. The van der Waals surface area contributed by atoms with Crippen molar-refractivity contribution in [1.29, 1.82) is 0 Å². The molecule has 0 aromatic carbocycles. The standard InChI is InChI=1S/C13H18N4S/c1-5-11-7-14-13(18-11)9(3)16-12-6-8(2)15-10(4)17-12/h6-7,9H,5H2,1-4H3,(H,15,16,17). The van der Waals surface area contributed by atoms with E-state index in [1.165, 1.54) is 4.88 Å². The van der Waals surface area contributed by atoms with Crippen LogP contribution in [0.15, 0.2) is 12.3 Å². The van der Waals surface area contributed by atoms with Crippen molar-refractivity contribution >= 4 is 17.2 Å². The minimum absolute atomic E-state index is 0.170. The van der Waals surface area contributed by atoms with Crippen LogP contribution in [0.4, 0.5) is 5.82 Å². The van der Waals surface area contributed by atoms with Crippen LogP contribution >= 0.6 is 11.3 Å². The third kappa shape index (κ3) is 3.04. The van der Waals surface area contributed by atoms with Crippen molar-refractivity contribution in [3.8, 4) is 0 Å². The highest BCUT2D eigenvalue weighted by Crippen LogP contribution is 2.23. The van der Waals surface area contributed by atoms with Crippen LogP contribution in [-0.4, -0.2) is 15.0 Å². The molecule has 1 N–H and O–H groups in total. The lowest BCUT2D eigenvalue weighted by Crippen LogP contribution is -2.08. The summed E-state index contributed by atoms with van der Waals surface area (Å²) >= 11 is 1.75. The molecule has 0 aliphatic carbocycles. The third-order valence-corrected chi connectivity index (χ3v) is 3.95. The number of hydrogen-bond donors (Lipinski definition) is 1. The fraction of sp³-hybridized carbons (Fsp3) is 0.462. The Bertz CT molecular complexity index is 515. The zero-order valence-electron chi connectivity index (χ0n) is 11.2. The van der Waals surface area contributed by atoms with Gasteiger partial charge >= 0.3 is 0 Å². The van der Waals surface area contributed by atoms with Gasteiger partial charge in [-0.05, 0) is 27.2 Å². The lowest BCUT2D eigenvalue weighted by molar-refractivity contribution is 0.851. The summed E-state index contributed by atoms with van der Waals surface area (Å²) in [4.78, 5) is 14.4. The first kappa shape index (κ1) is 13.0. The number of thiazole rings is 1. The van der Waals surface area contributed by atoms with Crippen molar-refractivity contribution in [3.05, 3.63) is 33.7 Å². The molecule has 2 aromatic rings. The van der Waals surface area contributed by atoms with E-state index in [9.17, 15) is 0 Å². The number of nitrogens with zero attached hydrogens (tertiary/aromatic N) is 3. The summed E-state index contributed by atoms with van der Waals surface area (Å²) in [5, 5.41) is 4.47. The van der Waals surface area contributed by atoms with Gasteiger partial charge in [-0.3, -0.25) is 0 Å². The maximum atomic E-state index is 4.44. The average molecular weight is 262 g/mol. The molecule has 1 atom stereocenters. The fourth-order valence-corrected chi connectivity index (χ4v) is 2.62. The molecule has 2 rings (SSSR count). The zero-order valence-corrected chi connectivity index (χ0v) is 12.0.